The maximum Gasteiger partial charge on any atom is 0.268 e. The maximum atomic E-state index is 13.0. The van der Waals surface area contributed by atoms with E-state index in [1.165, 1.54) is 4.90 Å². The number of hydrogen-bond donors (Lipinski definition) is 2. The van der Waals surface area contributed by atoms with Gasteiger partial charge in [0.05, 0.1) is 44.6 Å². The van der Waals surface area contributed by atoms with Crippen LogP contribution in [0.1, 0.15) is 13.8 Å². The molecular weight excluding hydrogens is 397 g/mol. The summed E-state index contributed by atoms with van der Waals surface area (Å²) in [6.07, 6.45) is 0. The average Bonchev–Trinajstić information content (AvgIpc) is 2.64. The number of nitrogens with one attached hydrogen (secondary N) is 2. The zero-order chi connectivity index (χ0) is 20.3. The SMILES string of the molecule is C[NH+]1CCN(c2ccc(Cl)cc2NC(=O)C(C)(C)Oc2ccc(Cl)cc2)CC1. The van der Waals surface area contributed by atoms with Crippen molar-refractivity contribution in [3.63, 3.8) is 0 Å². The summed E-state index contributed by atoms with van der Waals surface area (Å²) in [4.78, 5) is 16.8. The van der Waals surface area contributed by atoms with E-state index in [1.807, 2.05) is 12.1 Å². The van der Waals surface area contributed by atoms with Gasteiger partial charge in [-0.15, -0.1) is 0 Å². The van der Waals surface area contributed by atoms with Crippen molar-refractivity contribution in [2.45, 2.75) is 19.4 Å². The Morgan fingerprint density at radius 1 is 1.07 bits per heavy atom. The number of rotatable bonds is 5. The second-order valence-electron chi connectivity index (χ2n) is 7.63. The van der Waals surface area contributed by atoms with Crippen LogP contribution in [0.3, 0.4) is 0 Å². The molecule has 0 saturated carbocycles. The van der Waals surface area contributed by atoms with E-state index in [4.69, 9.17) is 27.9 Å². The molecule has 2 aromatic carbocycles. The highest BCUT2D eigenvalue weighted by Crippen LogP contribution is 2.31. The Balaban J connectivity index is 1.77. The fraction of sp³-hybridized carbons (Fsp3) is 0.381. The molecule has 5 nitrogen and oxygen atoms in total. The lowest BCUT2D eigenvalue weighted by Crippen LogP contribution is -3.12. The Bertz CT molecular complexity index is 832. The van der Waals surface area contributed by atoms with Gasteiger partial charge in [0, 0.05) is 10.0 Å². The van der Waals surface area contributed by atoms with E-state index >= 15 is 0 Å². The van der Waals surface area contributed by atoms with Crippen LogP contribution in [-0.4, -0.2) is 44.7 Å². The van der Waals surface area contributed by atoms with Crippen molar-refractivity contribution in [2.24, 2.45) is 0 Å². The maximum absolute atomic E-state index is 13.0. The van der Waals surface area contributed by atoms with Crippen molar-refractivity contribution in [3.05, 3.63) is 52.5 Å². The lowest BCUT2D eigenvalue weighted by Gasteiger charge is -2.33. The summed E-state index contributed by atoms with van der Waals surface area (Å²) in [6.45, 7) is 7.45. The van der Waals surface area contributed by atoms with Gasteiger partial charge in [-0.25, -0.2) is 0 Å². The molecule has 3 rings (SSSR count). The predicted molar refractivity (Wildman–Crippen MR) is 115 cm³/mol. The molecule has 28 heavy (non-hydrogen) atoms. The summed E-state index contributed by atoms with van der Waals surface area (Å²) in [5, 5.41) is 4.21. The van der Waals surface area contributed by atoms with Crippen LogP contribution in [0.15, 0.2) is 42.5 Å². The minimum atomic E-state index is -1.07. The summed E-state index contributed by atoms with van der Waals surface area (Å²) in [6, 6.07) is 12.6. The minimum Gasteiger partial charge on any atom is -0.478 e. The van der Waals surface area contributed by atoms with E-state index in [-0.39, 0.29) is 5.91 Å². The van der Waals surface area contributed by atoms with Crippen LogP contribution in [0.5, 0.6) is 5.75 Å². The Morgan fingerprint density at radius 3 is 2.32 bits per heavy atom. The first-order valence-electron chi connectivity index (χ1n) is 9.36. The van der Waals surface area contributed by atoms with Crippen molar-refractivity contribution in [3.8, 4) is 5.75 Å². The number of carbonyl (C=O) groups excluding carboxylic acids is 1. The zero-order valence-electron chi connectivity index (χ0n) is 16.4. The molecule has 1 aliphatic heterocycles. The number of quaternary nitrogens is 1. The third-order valence-electron chi connectivity index (χ3n) is 4.90. The smallest absolute Gasteiger partial charge is 0.268 e. The molecule has 150 valence electrons. The van der Waals surface area contributed by atoms with Gasteiger partial charge in [0.25, 0.3) is 5.91 Å². The fourth-order valence-corrected chi connectivity index (χ4v) is 3.43. The number of benzene rings is 2. The quantitative estimate of drug-likeness (QED) is 0.777. The van der Waals surface area contributed by atoms with E-state index in [0.717, 1.165) is 31.9 Å². The van der Waals surface area contributed by atoms with E-state index in [1.54, 1.807) is 44.2 Å². The van der Waals surface area contributed by atoms with E-state index < -0.39 is 5.60 Å². The molecule has 0 atom stereocenters. The van der Waals surface area contributed by atoms with Gasteiger partial charge in [-0.1, -0.05) is 23.2 Å². The van der Waals surface area contributed by atoms with Crippen molar-refractivity contribution in [1.29, 1.82) is 0 Å². The Morgan fingerprint density at radius 2 is 1.68 bits per heavy atom. The second-order valence-corrected chi connectivity index (χ2v) is 8.50. The first-order valence-corrected chi connectivity index (χ1v) is 10.1. The zero-order valence-corrected chi connectivity index (χ0v) is 17.9. The number of amides is 1. The molecule has 1 heterocycles. The second kappa shape index (κ2) is 8.60. The molecule has 2 aromatic rings. The average molecular weight is 423 g/mol. The first-order chi connectivity index (χ1) is 13.2. The number of halogens is 2. The Labute approximate surface area is 176 Å². The van der Waals surface area contributed by atoms with E-state index in [0.29, 0.717) is 21.5 Å². The van der Waals surface area contributed by atoms with Crippen LogP contribution < -0.4 is 19.9 Å². The molecule has 1 amide bonds. The minimum absolute atomic E-state index is 0.245. The van der Waals surface area contributed by atoms with Crippen LogP contribution in [0.2, 0.25) is 10.0 Å². The van der Waals surface area contributed by atoms with Crippen molar-refractivity contribution < 1.29 is 14.4 Å². The molecule has 7 heteroatoms. The number of nitrogens with zero attached hydrogens (tertiary/aromatic N) is 1. The lowest BCUT2D eigenvalue weighted by molar-refractivity contribution is -0.880. The third-order valence-corrected chi connectivity index (χ3v) is 5.39. The standard InChI is InChI=1S/C21H25Cl2N3O2/c1-21(2,28-17-7-4-15(22)5-8-17)20(27)24-18-14-16(23)6-9-19(18)26-12-10-25(3)11-13-26/h4-9,14H,10-13H2,1-3H3,(H,24,27)/p+1. The highest BCUT2D eigenvalue weighted by Gasteiger charge is 2.31. The molecule has 0 radical (unpaired) electrons. The molecule has 1 aliphatic rings. The van der Waals surface area contributed by atoms with E-state index in [2.05, 4.69) is 17.3 Å². The van der Waals surface area contributed by atoms with Gasteiger partial charge >= 0.3 is 0 Å². The first kappa shape index (κ1) is 20.8. The highest BCUT2D eigenvalue weighted by molar-refractivity contribution is 6.31. The molecule has 2 N–H and O–H groups in total. The van der Waals surface area contributed by atoms with Crippen molar-refractivity contribution in [2.75, 3.05) is 43.4 Å². The molecular formula is C21H26Cl2N3O2+. The number of carbonyl (C=O) groups is 1. The Kier molecular flexibility index (Phi) is 6.38. The lowest BCUT2D eigenvalue weighted by atomic mass is 10.1. The van der Waals surface area contributed by atoms with Gasteiger partial charge in [0.1, 0.15) is 5.75 Å². The van der Waals surface area contributed by atoms with Gasteiger partial charge in [0.2, 0.25) is 0 Å². The molecule has 0 unspecified atom stereocenters. The molecule has 1 saturated heterocycles. The largest absolute Gasteiger partial charge is 0.478 e. The monoisotopic (exact) mass is 422 g/mol. The predicted octanol–water partition coefficient (Wildman–Crippen LogP) is 3.12. The molecule has 1 fully saturated rings. The summed E-state index contributed by atoms with van der Waals surface area (Å²) in [5.74, 6) is 0.337. The fourth-order valence-electron chi connectivity index (χ4n) is 3.13. The van der Waals surface area contributed by atoms with Crippen molar-refractivity contribution in [1.82, 2.24) is 0 Å². The van der Waals surface area contributed by atoms with Crippen LogP contribution in [0.25, 0.3) is 0 Å². The van der Waals surface area contributed by atoms with Crippen LogP contribution in [0, 0.1) is 0 Å². The Hall–Kier alpha value is -1.95. The van der Waals surface area contributed by atoms with Crippen LogP contribution in [-0.2, 0) is 4.79 Å². The number of hydrogen-bond acceptors (Lipinski definition) is 3. The number of anilines is 2. The molecule has 0 aromatic heterocycles. The number of ether oxygens (including phenoxy) is 1. The summed E-state index contributed by atoms with van der Waals surface area (Å²) in [5.41, 5.74) is 0.608. The summed E-state index contributed by atoms with van der Waals surface area (Å²) in [7, 11) is 2.19. The molecule has 0 bridgehead atoms. The normalized spacial score (nSPS) is 15.4. The molecule has 0 spiro atoms. The van der Waals surface area contributed by atoms with Crippen molar-refractivity contribution >= 4 is 40.5 Å². The molecule has 0 aliphatic carbocycles. The van der Waals surface area contributed by atoms with E-state index in [9.17, 15) is 4.79 Å². The highest BCUT2D eigenvalue weighted by atomic mass is 35.5. The van der Waals surface area contributed by atoms with Gasteiger partial charge in [-0.2, -0.15) is 0 Å². The summed E-state index contributed by atoms with van der Waals surface area (Å²) >= 11 is 12.1. The van der Waals surface area contributed by atoms with Crippen LogP contribution >= 0.6 is 23.2 Å². The van der Waals surface area contributed by atoms with Gasteiger partial charge in [-0.3, -0.25) is 4.79 Å². The van der Waals surface area contributed by atoms with Crippen LogP contribution in [0.4, 0.5) is 11.4 Å². The van der Waals surface area contributed by atoms with Gasteiger partial charge in [-0.05, 0) is 56.3 Å². The number of likely N-dealkylation sites (N-methyl/N-ethyl adjacent to an activating group) is 1. The summed E-state index contributed by atoms with van der Waals surface area (Å²) < 4.78 is 5.90. The van der Waals surface area contributed by atoms with Gasteiger partial charge in [0.15, 0.2) is 5.60 Å². The number of piperazine rings is 1. The third kappa shape index (κ3) is 5.10. The van der Waals surface area contributed by atoms with Gasteiger partial charge < -0.3 is 19.9 Å². The topological polar surface area (TPSA) is 46.0 Å².